The first-order valence-corrected chi connectivity index (χ1v) is 4.06. The van der Waals surface area contributed by atoms with Gasteiger partial charge in [0.25, 0.3) is 5.92 Å². The van der Waals surface area contributed by atoms with Crippen LogP contribution in [0.3, 0.4) is 0 Å². The van der Waals surface area contributed by atoms with Crippen LogP contribution in [0.4, 0.5) is 13.6 Å². The maximum Gasteiger partial charge on any atom is 0.510 e. The van der Waals surface area contributed by atoms with Crippen LogP contribution in [0.2, 0.25) is 0 Å². The Labute approximate surface area is 81.1 Å². The van der Waals surface area contributed by atoms with Gasteiger partial charge < -0.3 is 14.2 Å². The molecule has 0 saturated carbocycles. The molecular formula is C8H14F2O4. The molecule has 0 aromatic rings. The van der Waals surface area contributed by atoms with Gasteiger partial charge in [-0.25, -0.2) is 13.6 Å². The number of halogens is 2. The number of hydrogen-bond acceptors (Lipinski definition) is 4. The molecule has 0 aromatic heterocycles. The topological polar surface area (TPSA) is 44.8 Å². The number of alkyl halides is 2. The van der Waals surface area contributed by atoms with Crippen molar-refractivity contribution in [2.24, 2.45) is 5.92 Å². The quantitative estimate of drug-likeness (QED) is 0.397. The van der Waals surface area contributed by atoms with E-state index in [9.17, 15) is 13.6 Å². The minimum Gasteiger partial charge on any atom is -0.438 e. The Morgan fingerprint density at radius 2 is 2.00 bits per heavy atom. The first-order valence-electron chi connectivity index (χ1n) is 4.06. The van der Waals surface area contributed by atoms with Gasteiger partial charge in [-0.2, -0.15) is 0 Å². The van der Waals surface area contributed by atoms with Crippen molar-refractivity contribution in [1.82, 2.24) is 0 Å². The van der Waals surface area contributed by atoms with Gasteiger partial charge >= 0.3 is 6.16 Å². The van der Waals surface area contributed by atoms with Gasteiger partial charge in [0.1, 0.15) is 6.61 Å². The molecule has 0 fully saturated rings. The molecule has 0 aliphatic heterocycles. The largest absolute Gasteiger partial charge is 0.510 e. The van der Waals surface area contributed by atoms with Crippen LogP contribution in [-0.2, 0) is 14.2 Å². The number of methoxy groups -OCH3 is 1. The summed E-state index contributed by atoms with van der Waals surface area (Å²) in [6.45, 7) is 1.45. The van der Waals surface area contributed by atoms with Crippen LogP contribution in [-0.4, -0.2) is 32.6 Å². The third-order valence-corrected chi connectivity index (χ3v) is 1.57. The van der Waals surface area contributed by atoms with Crippen molar-refractivity contribution in [3.05, 3.63) is 0 Å². The highest BCUT2D eigenvalue weighted by molar-refractivity contribution is 5.59. The molecule has 0 aliphatic carbocycles. The minimum absolute atomic E-state index is 0.533. The third-order valence-electron chi connectivity index (χ3n) is 1.57. The van der Waals surface area contributed by atoms with Crippen LogP contribution in [0.5, 0.6) is 0 Å². The molecule has 0 amide bonds. The first-order chi connectivity index (χ1) is 6.40. The molecule has 0 heterocycles. The SMILES string of the molecule is COC(=O)OCOCC(F)(F)C(C)C. The summed E-state index contributed by atoms with van der Waals surface area (Å²) in [7, 11) is 1.12. The fourth-order valence-electron chi connectivity index (χ4n) is 0.493. The molecule has 0 aliphatic rings. The molecule has 4 nitrogen and oxygen atoms in total. The molecule has 0 bridgehead atoms. The summed E-state index contributed by atoms with van der Waals surface area (Å²) in [6.07, 6.45) is -0.960. The Morgan fingerprint density at radius 3 is 2.43 bits per heavy atom. The highest BCUT2D eigenvalue weighted by Crippen LogP contribution is 2.23. The van der Waals surface area contributed by atoms with Crippen LogP contribution in [0, 0.1) is 5.92 Å². The normalized spacial score (nSPS) is 11.6. The van der Waals surface area contributed by atoms with E-state index in [2.05, 4.69) is 14.2 Å². The van der Waals surface area contributed by atoms with Gasteiger partial charge in [0.2, 0.25) is 0 Å². The zero-order valence-electron chi connectivity index (χ0n) is 8.38. The van der Waals surface area contributed by atoms with Crippen molar-refractivity contribution >= 4 is 6.16 Å². The van der Waals surface area contributed by atoms with Crippen LogP contribution in [0.15, 0.2) is 0 Å². The fraction of sp³-hybridized carbons (Fsp3) is 0.875. The lowest BCUT2D eigenvalue weighted by atomic mass is 10.1. The molecule has 0 spiro atoms. The smallest absolute Gasteiger partial charge is 0.438 e. The van der Waals surface area contributed by atoms with E-state index in [0.717, 1.165) is 7.11 Å². The summed E-state index contributed by atoms with van der Waals surface area (Å²) in [5.74, 6) is -3.74. The zero-order chi connectivity index (χ0) is 11.2. The number of carbonyl (C=O) groups excluding carboxylic acids is 1. The lowest BCUT2D eigenvalue weighted by Gasteiger charge is -2.19. The summed E-state index contributed by atoms with van der Waals surface area (Å²) < 4.78 is 38.5. The summed E-state index contributed by atoms with van der Waals surface area (Å²) in [5, 5.41) is 0. The van der Waals surface area contributed by atoms with E-state index >= 15 is 0 Å². The van der Waals surface area contributed by atoms with Crippen LogP contribution >= 0.6 is 0 Å². The average Bonchev–Trinajstić information content (AvgIpc) is 2.11. The van der Waals surface area contributed by atoms with E-state index in [1.165, 1.54) is 13.8 Å². The highest BCUT2D eigenvalue weighted by Gasteiger charge is 2.33. The lowest BCUT2D eigenvalue weighted by molar-refractivity contribution is -0.140. The lowest BCUT2D eigenvalue weighted by Crippen LogP contribution is -2.30. The average molecular weight is 212 g/mol. The van der Waals surface area contributed by atoms with Crippen molar-refractivity contribution < 1.29 is 27.8 Å². The van der Waals surface area contributed by atoms with E-state index in [1.807, 2.05) is 0 Å². The number of rotatable bonds is 5. The Balaban J connectivity index is 3.59. The Bertz CT molecular complexity index is 182. The first kappa shape index (κ1) is 13.1. The number of ether oxygens (including phenoxy) is 3. The van der Waals surface area contributed by atoms with E-state index in [1.54, 1.807) is 0 Å². The Morgan fingerprint density at radius 1 is 1.43 bits per heavy atom. The minimum atomic E-state index is -2.92. The van der Waals surface area contributed by atoms with Crippen LogP contribution in [0.25, 0.3) is 0 Å². The summed E-state index contributed by atoms with van der Waals surface area (Å²) in [4.78, 5) is 10.4. The van der Waals surface area contributed by atoms with E-state index in [-0.39, 0.29) is 0 Å². The van der Waals surface area contributed by atoms with Gasteiger partial charge in [-0.1, -0.05) is 13.8 Å². The second-order valence-electron chi connectivity index (χ2n) is 2.98. The molecule has 0 unspecified atom stereocenters. The molecule has 0 N–H and O–H groups in total. The molecular weight excluding hydrogens is 198 g/mol. The highest BCUT2D eigenvalue weighted by atomic mass is 19.3. The maximum absolute atomic E-state index is 12.9. The second kappa shape index (κ2) is 5.74. The van der Waals surface area contributed by atoms with Gasteiger partial charge in [0, 0.05) is 5.92 Å². The predicted molar refractivity (Wildman–Crippen MR) is 44.1 cm³/mol. The third kappa shape index (κ3) is 4.96. The Kier molecular flexibility index (Phi) is 5.37. The van der Waals surface area contributed by atoms with Crippen molar-refractivity contribution in [1.29, 1.82) is 0 Å². The monoisotopic (exact) mass is 212 g/mol. The van der Waals surface area contributed by atoms with Crippen molar-refractivity contribution in [3.8, 4) is 0 Å². The predicted octanol–water partition coefficient (Wildman–Crippen LogP) is 2.03. The molecule has 0 saturated heterocycles. The van der Waals surface area contributed by atoms with Gasteiger partial charge in [0.15, 0.2) is 6.79 Å². The molecule has 6 heteroatoms. The molecule has 0 radical (unpaired) electrons. The van der Waals surface area contributed by atoms with Crippen molar-refractivity contribution in [2.75, 3.05) is 20.5 Å². The summed E-state index contributed by atoms with van der Waals surface area (Å²) in [5.41, 5.74) is 0. The molecule has 14 heavy (non-hydrogen) atoms. The van der Waals surface area contributed by atoms with Gasteiger partial charge in [-0.05, 0) is 0 Å². The van der Waals surface area contributed by atoms with Gasteiger partial charge in [-0.3, -0.25) is 0 Å². The molecule has 0 rings (SSSR count). The molecule has 0 aromatic carbocycles. The summed E-state index contributed by atoms with van der Waals surface area (Å²) >= 11 is 0. The second-order valence-corrected chi connectivity index (χ2v) is 2.98. The number of carbonyl (C=O) groups is 1. The van der Waals surface area contributed by atoms with Gasteiger partial charge in [-0.15, -0.1) is 0 Å². The fourth-order valence-corrected chi connectivity index (χ4v) is 0.493. The maximum atomic E-state index is 12.9. The number of hydrogen-bond donors (Lipinski definition) is 0. The van der Waals surface area contributed by atoms with Gasteiger partial charge in [0.05, 0.1) is 7.11 Å². The molecule has 0 atom stereocenters. The van der Waals surface area contributed by atoms with Crippen molar-refractivity contribution in [3.63, 3.8) is 0 Å². The standard InChI is InChI=1S/C8H14F2O4/c1-6(2)8(9,10)4-13-5-14-7(11)12-3/h6H,4-5H2,1-3H3. The van der Waals surface area contributed by atoms with E-state index < -0.39 is 31.4 Å². The van der Waals surface area contributed by atoms with Crippen LogP contribution < -0.4 is 0 Å². The van der Waals surface area contributed by atoms with E-state index in [4.69, 9.17) is 0 Å². The summed E-state index contributed by atoms with van der Waals surface area (Å²) in [6, 6.07) is 0. The van der Waals surface area contributed by atoms with E-state index in [0.29, 0.717) is 0 Å². The Hall–Kier alpha value is -0.910. The zero-order valence-corrected chi connectivity index (χ0v) is 8.38. The van der Waals surface area contributed by atoms with Crippen molar-refractivity contribution in [2.45, 2.75) is 19.8 Å². The molecule has 84 valence electrons. The van der Waals surface area contributed by atoms with Crippen LogP contribution in [0.1, 0.15) is 13.8 Å².